The summed E-state index contributed by atoms with van der Waals surface area (Å²) >= 11 is 0. The number of aromatic amines is 2. The quantitative estimate of drug-likeness (QED) is 0.248. The molecule has 5 aromatic rings. The molecule has 7 rings (SSSR count). The molecule has 36 heavy (non-hydrogen) atoms. The van der Waals surface area contributed by atoms with E-state index in [0.717, 1.165) is 59.6 Å². The van der Waals surface area contributed by atoms with Gasteiger partial charge in [0.1, 0.15) is 11.6 Å². The van der Waals surface area contributed by atoms with E-state index in [1.807, 2.05) is 0 Å². The topological polar surface area (TPSA) is 81.4 Å². The Labute approximate surface area is 211 Å². The van der Waals surface area contributed by atoms with Crippen LogP contribution in [0.5, 0.6) is 0 Å². The Kier molecular flexibility index (Phi) is 5.19. The minimum absolute atomic E-state index is 0.348. The summed E-state index contributed by atoms with van der Waals surface area (Å²) < 4.78 is 0. The van der Waals surface area contributed by atoms with Crippen molar-refractivity contribution in [1.82, 2.24) is 30.6 Å². The standard InChI is InChI=1S/C30H32N6/c1-17-13-21(15-25-27(17)35-29(33-25)23-5-3-11-31-23)19-7-9-20(10-8-19)22-14-18(2)28-26(16-22)34-30(36-28)24-6-4-12-32-24/h7-10,13-16,23-24,31-32H,3-6,11-12H2,1-2H3,(H,33,35)(H,34,36)/t23-,24-/m0/s1. The van der Waals surface area contributed by atoms with Gasteiger partial charge in [-0.25, -0.2) is 9.97 Å². The molecule has 0 bridgehead atoms. The van der Waals surface area contributed by atoms with Gasteiger partial charge in [-0.15, -0.1) is 0 Å². The van der Waals surface area contributed by atoms with Crippen LogP contribution in [0.1, 0.15) is 60.5 Å². The van der Waals surface area contributed by atoms with Crippen LogP contribution in [0.4, 0.5) is 0 Å². The summed E-state index contributed by atoms with van der Waals surface area (Å²) in [6, 6.07) is 18.5. The molecule has 0 saturated carbocycles. The Hall–Kier alpha value is -3.48. The fraction of sp³-hybridized carbons (Fsp3) is 0.333. The number of hydrogen-bond donors (Lipinski definition) is 4. The lowest BCUT2D eigenvalue weighted by molar-refractivity contribution is 0.614. The van der Waals surface area contributed by atoms with Gasteiger partial charge in [-0.1, -0.05) is 24.3 Å². The zero-order chi connectivity index (χ0) is 24.2. The van der Waals surface area contributed by atoms with E-state index in [4.69, 9.17) is 9.97 Å². The molecular weight excluding hydrogens is 444 g/mol. The Bertz CT molecular complexity index is 1440. The predicted molar refractivity (Wildman–Crippen MR) is 146 cm³/mol. The summed E-state index contributed by atoms with van der Waals surface area (Å²) in [7, 11) is 0. The second-order valence-corrected chi connectivity index (χ2v) is 10.5. The number of nitrogens with one attached hydrogen (secondary N) is 4. The van der Waals surface area contributed by atoms with Crippen LogP contribution in [0.2, 0.25) is 0 Å². The maximum Gasteiger partial charge on any atom is 0.124 e. The summed E-state index contributed by atoms with van der Waals surface area (Å²) in [6.45, 7) is 6.48. The maximum absolute atomic E-state index is 4.94. The van der Waals surface area contributed by atoms with E-state index in [1.54, 1.807) is 0 Å². The number of aromatic nitrogens is 4. The highest BCUT2D eigenvalue weighted by molar-refractivity contribution is 5.87. The van der Waals surface area contributed by atoms with Gasteiger partial charge in [0.15, 0.2) is 0 Å². The van der Waals surface area contributed by atoms with E-state index in [1.165, 1.54) is 46.2 Å². The van der Waals surface area contributed by atoms with Crippen molar-refractivity contribution < 1.29 is 0 Å². The molecule has 0 amide bonds. The second kappa shape index (κ2) is 8.57. The highest BCUT2D eigenvalue weighted by Crippen LogP contribution is 2.33. The van der Waals surface area contributed by atoms with Crippen molar-refractivity contribution in [3.8, 4) is 22.3 Å². The molecule has 182 valence electrons. The Morgan fingerprint density at radius 1 is 0.611 bits per heavy atom. The van der Waals surface area contributed by atoms with Crippen LogP contribution >= 0.6 is 0 Å². The zero-order valence-electron chi connectivity index (χ0n) is 20.9. The molecule has 4 heterocycles. The summed E-state index contributed by atoms with van der Waals surface area (Å²) in [6.07, 6.45) is 4.72. The van der Waals surface area contributed by atoms with Crippen LogP contribution in [0.3, 0.4) is 0 Å². The van der Waals surface area contributed by atoms with Crippen molar-refractivity contribution in [2.75, 3.05) is 13.1 Å². The molecule has 6 heteroatoms. The first kappa shape index (κ1) is 21.8. The van der Waals surface area contributed by atoms with Gasteiger partial charge in [-0.3, -0.25) is 0 Å². The van der Waals surface area contributed by atoms with E-state index in [-0.39, 0.29) is 0 Å². The van der Waals surface area contributed by atoms with Gasteiger partial charge >= 0.3 is 0 Å². The van der Waals surface area contributed by atoms with E-state index in [2.05, 4.69) is 83.0 Å². The predicted octanol–water partition coefficient (Wildman–Crippen LogP) is 6.24. The number of benzene rings is 3. The molecule has 0 aliphatic carbocycles. The van der Waals surface area contributed by atoms with E-state index < -0.39 is 0 Å². The maximum atomic E-state index is 4.94. The summed E-state index contributed by atoms with van der Waals surface area (Å²) in [5, 5.41) is 7.10. The number of rotatable bonds is 4. The average molecular weight is 477 g/mol. The number of fused-ring (bicyclic) bond motifs is 2. The molecule has 2 atom stereocenters. The van der Waals surface area contributed by atoms with Crippen molar-refractivity contribution in [2.24, 2.45) is 0 Å². The van der Waals surface area contributed by atoms with Crippen LogP contribution in [0, 0.1) is 13.8 Å². The molecule has 2 aromatic heterocycles. The first-order chi connectivity index (χ1) is 17.6. The lowest BCUT2D eigenvalue weighted by Gasteiger charge is -2.08. The van der Waals surface area contributed by atoms with Crippen LogP contribution in [0.25, 0.3) is 44.3 Å². The molecule has 0 unspecified atom stereocenters. The second-order valence-electron chi connectivity index (χ2n) is 10.5. The summed E-state index contributed by atoms with van der Waals surface area (Å²) in [4.78, 5) is 17.0. The van der Waals surface area contributed by atoms with Gasteiger partial charge in [0.2, 0.25) is 0 Å². The number of nitrogens with zero attached hydrogens (tertiary/aromatic N) is 2. The first-order valence-electron chi connectivity index (χ1n) is 13.2. The third-order valence-corrected chi connectivity index (χ3v) is 7.95. The fourth-order valence-corrected chi connectivity index (χ4v) is 5.96. The van der Waals surface area contributed by atoms with Crippen molar-refractivity contribution in [1.29, 1.82) is 0 Å². The Morgan fingerprint density at radius 3 is 1.44 bits per heavy atom. The molecule has 4 N–H and O–H groups in total. The third-order valence-electron chi connectivity index (χ3n) is 7.95. The summed E-state index contributed by atoms with van der Waals surface area (Å²) in [5.74, 6) is 2.13. The van der Waals surface area contributed by atoms with E-state index >= 15 is 0 Å². The lowest BCUT2D eigenvalue weighted by atomic mass is 9.97. The summed E-state index contributed by atoms with van der Waals surface area (Å²) in [5.41, 5.74) is 11.7. The van der Waals surface area contributed by atoms with Gasteiger partial charge < -0.3 is 20.6 Å². The minimum atomic E-state index is 0.348. The number of aryl methyl sites for hydroxylation is 2. The number of imidazole rings is 2. The van der Waals surface area contributed by atoms with Crippen LogP contribution in [0.15, 0.2) is 48.5 Å². The third kappa shape index (κ3) is 3.72. The molecule has 2 aliphatic heterocycles. The number of H-pyrrole nitrogens is 2. The van der Waals surface area contributed by atoms with Gasteiger partial charge in [0, 0.05) is 0 Å². The minimum Gasteiger partial charge on any atom is -0.340 e. The Morgan fingerprint density at radius 2 is 1.06 bits per heavy atom. The largest absolute Gasteiger partial charge is 0.340 e. The van der Waals surface area contributed by atoms with Crippen molar-refractivity contribution in [2.45, 2.75) is 51.6 Å². The van der Waals surface area contributed by atoms with Crippen molar-refractivity contribution in [3.63, 3.8) is 0 Å². The molecule has 2 fully saturated rings. The van der Waals surface area contributed by atoms with Gasteiger partial charge in [0.25, 0.3) is 0 Å². The SMILES string of the molecule is Cc1cc(-c2ccc(-c3cc(C)c4[nH]c([C@@H]5CCCN5)nc4c3)cc2)cc2nc([C@@H]3CCCN3)[nH]c12. The zero-order valence-corrected chi connectivity index (χ0v) is 20.9. The monoisotopic (exact) mass is 476 g/mol. The van der Waals surface area contributed by atoms with Crippen LogP contribution in [-0.4, -0.2) is 33.0 Å². The van der Waals surface area contributed by atoms with Gasteiger partial charge in [-0.2, -0.15) is 0 Å². The van der Waals surface area contributed by atoms with Crippen molar-refractivity contribution in [3.05, 3.63) is 71.3 Å². The molecule has 3 aromatic carbocycles. The molecule has 2 aliphatic rings. The van der Waals surface area contributed by atoms with Crippen molar-refractivity contribution >= 4 is 22.1 Å². The smallest absolute Gasteiger partial charge is 0.124 e. The molecule has 6 nitrogen and oxygen atoms in total. The van der Waals surface area contributed by atoms with E-state index in [0.29, 0.717) is 12.1 Å². The van der Waals surface area contributed by atoms with E-state index in [9.17, 15) is 0 Å². The highest BCUT2D eigenvalue weighted by Gasteiger charge is 2.21. The van der Waals surface area contributed by atoms with Crippen LogP contribution < -0.4 is 10.6 Å². The first-order valence-corrected chi connectivity index (χ1v) is 13.2. The highest BCUT2D eigenvalue weighted by atomic mass is 15.0. The Balaban J connectivity index is 1.20. The average Bonchev–Trinajstić information content (AvgIpc) is 3.69. The molecule has 0 radical (unpaired) electrons. The lowest BCUT2D eigenvalue weighted by Crippen LogP contribution is -2.14. The van der Waals surface area contributed by atoms with Gasteiger partial charge in [0.05, 0.1) is 34.2 Å². The fourth-order valence-electron chi connectivity index (χ4n) is 5.96. The normalized spacial score (nSPS) is 20.2. The van der Waals surface area contributed by atoms with Gasteiger partial charge in [-0.05, 0) is 110 Å². The molecule has 2 saturated heterocycles. The molecular formula is C30H32N6. The molecule has 0 spiro atoms. The van der Waals surface area contributed by atoms with Crippen LogP contribution in [-0.2, 0) is 0 Å². The number of hydrogen-bond acceptors (Lipinski definition) is 4.